The van der Waals surface area contributed by atoms with Crippen molar-refractivity contribution in [2.24, 2.45) is 0 Å². The van der Waals surface area contributed by atoms with Gasteiger partial charge in [0.15, 0.2) is 0 Å². The maximum Gasteiger partial charge on any atom is 0.271 e. The molecule has 7 heteroatoms. The van der Waals surface area contributed by atoms with Crippen molar-refractivity contribution in [2.75, 3.05) is 4.72 Å². The van der Waals surface area contributed by atoms with E-state index in [9.17, 15) is 8.42 Å². The van der Waals surface area contributed by atoms with E-state index in [2.05, 4.69) is 20.7 Å². The van der Waals surface area contributed by atoms with Gasteiger partial charge in [-0.2, -0.15) is 0 Å². The van der Waals surface area contributed by atoms with Crippen LogP contribution >= 0.6 is 27.3 Å². The number of thiophene rings is 1. The maximum absolute atomic E-state index is 12.2. The highest BCUT2D eigenvalue weighted by atomic mass is 79.9. The highest BCUT2D eigenvalue weighted by Gasteiger charge is 2.17. The third-order valence-electron chi connectivity index (χ3n) is 2.50. The Bertz CT molecular complexity index is 695. The van der Waals surface area contributed by atoms with Crippen LogP contribution in [0.1, 0.15) is 10.4 Å². The van der Waals surface area contributed by atoms with Crippen LogP contribution in [0.2, 0.25) is 0 Å². The standard InChI is InChI=1S/C12H12BrNO3S2/c1-8-2-3-9(13)6-11(8)14-19(16,17)12-5-4-10(7-15)18-12/h2-6,14-15H,7H2,1H3. The molecule has 0 aliphatic carbocycles. The zero-order valence-electron chi connectivity index (χ0n) is 10.1. The number of halogens is 1. The molecule has 0 atom stereocenters. The molecule has 2 N–H and O–H groups in total. The van der Waals surface area contributed by atoms with E-state index >= 15 is 0 Å². The van der Waals surface area contributed by atoms with Crippen molar-refractivity contribution in [3.63, 3.8) is 0 Å². The zero-order valence-corrected chi connectivity index (χ0v) is 13.3. The van der Waals surface area contributed by atoms with Gasteiger partial charge in [-0.1, -0.05) is 22.0 Å². The number of aliphatic hydroxyl groups excluding tert-OH is 1. The number of hydrogen-bond acceptors (Lipinski definition) is 4. The van der Waals surface area contributed by atoms with E-state index in [-0.39, 0.29) is 10.8 Å². The fraction of sp³-hybridized carbons (Fsp3) is 0.167. The van der Waals surface area contributed by atoms with Crippen LogP contribution in [0, 0.1) is 6.92 Å². The summed E-state index contributed by atoms with van der Waals surface area (Å²) >= 11 is 4.37. The zero-order chi connectivity index (χ0) is 14.0. The number of anilines is 1. The molecule has 19 heavy (non-hydrogen) atoms. The minimum atomic E-state index is -3.61. The Hall–Kier alpha value is -0.890. The molecule has 0 amide bonds. The van der Waals surface area contributed by atoms with E-state index in [0.717, 1.165) is 21.4 Å². The highest BCUT2D eigenvalue weighted by molar-refractivity contribution is 9.10. The van der Waals surface area contributed by atoms with E-state index in [1.807, 2.05) is 19.1 Å². The molecule has 1 aromatic carbocycles. The Morgan fingerprint density at radius 1 is 1.32 bits per heavy atom. The second-order valence-electron chi connectivity index (χ2n) is 3.94. The Morgan fingerprint density at radius 3 is 2.68 bits per heavy atom. The van der Waals surface area contributed by atoms with E-state index in [1.165, 1.54) is 6.07 Å². The first-order chi connectivity index (χ1) is 8.92. The molecule has 1 aromatic heterocycles. The van der Waals surface area contributed by atoms with Gasteiger partial charge >= 0.3 is 0 Å². The number of sulfonamides is 1. The van der Waals surface area contributed by atoms with Gasteiger partial charge in [0.2, 0.25) is 0 Å². The number of aliphatic hydroxyl groups is 1. The van der Waals surface area contributed by atoms with Crippen molar-refractivity contribution in [3.8, 4) is 0 Å². The van der Waals surface area contributed by atoms with Crippen LogP contribution in [0.4, 0.5) is 5.69 Å². The van der Waals surface area contributed by atoms with Gasteiger partial charge in [0.25, 0.3) is 10.0 Å². The van der Waals surface area contributed by atoms with Gasteiger partial charge in [0.1, 0.15) is 4.21 Å². The average molecular weight is 362 g/mol. The SMILES string of the molecule is Cc1ccc(Br)cc1NS(=O)(=O)c1ccc(CO)s1. The lowest BCUT2D eigenvalue weighted by atomic mass is 10.2. The lowest BCUT2D eigenvalue weighted by Crippen LogP contribution is -2.12. The van der Waals surface area contributed by atoms with Crippen molar-refractivity contribution < 1.29 is 13.5 Å². The van der Waals surface area contributed by atoms with Gasteiger partial charge in [-0.15, -0.1) is 11.3 Å². The summed E-state index contributed by atoms with van der Waals surface area (Å²) in [7, 11) is -3.61. The molecule has 0 radical (unpaired) electrons. The Morgan fingerprint density at radius 2 is 2.05 bits per heavy atom. The molecular weight excluding hydrogens is 350 g/mol. The minimum absolute atomic E-state index is 0.157. The molecule has 4 nitrogen and oxygen atoms in total. The second-order valence-corrected chi connectivity index (χ2v) is 7.94. The van der Waals surface area contributed by atoms with Crippen LogP contribution in [-0.4, -0.2) is 13.5 Å². The summed E-state index contributed by atoms with van der Waals surface area (Å²) in [6.07, 6.45) is 0. The highest BCUT2D eigenvalue weighted by Crippen LogP contribution is 2.27. The van der Waals surface area contributed by atoms with Crippen molar-refractivity contribution in [3.05, 3.63) is 45.2 Å². The lowest BCUT2D eigenvalue weighted by Gasteiger charge is -2.09. The van der Waals surface area contributed by atoms with Gasteiger partial charge in [0.05, 0.1) is 12.3 Å². The van der Waals surface area contributed by atoms with Crippen LogP contribution in [0.3, 0.4) is 0 Å². The van der Waals surface area contributed by atoms with Crippen molar-refractivity contribution in [1.29, 1.82) is 0 Å². The van der Waals surface area contributed by atoms with Crippen LogP contribution in [0.15, 0.2) is 39.0 Å². The van der Waals surface area contributed by atoms with Crippen molar-refractivity contribution >= 4 is 43.0 Å². The third kappa shape index (κ3) is 3.36. The monoisotopic (exact) mass is 361 g/mol. The van der Waals surface area contributed by atoms with E-state index in [1.54, 1.807) is 12.1 Å². The van der Waals surface area contributed by atoms with Crippen LogP contribution < -0.4 is 4.72 Å². The molecule has 1 heterocycles. The summed E-state index contributed by atoms with van der Waals surface area (Å²) in [5.41, 5.74) is 1.37. The van der Waals surface area contributed by atoms with Crippen molar-refractivity contribution in [2.45, 2.75) is 17.7 Å². The molecule has 0 aliphatic rings. The number of aryl methyl sites for hydroxylation is 1. The summed E-state index contributed by atoms with van der Waals surface area (Å²) in [6.45, 7) is 1.67. The quantitative estimate of drug-likeness (QED) is 0.878. The fourth-order valence-corrected chi connectivity index (χ4v) is 4.19. The first-order valence-electron chi connectivity index (χ1n) is 5.41. The van der Waals surface area contributed by atoms with Crippen LogP contribution in [-0.2, 0) is 16.6 Å². The molecular formula is C12H12BrNO3S2. The second kappa shape index (κ2) is 5.62. The summed E-state index contributed by atoms with van der Waals surface area (Å²) in [4.78, 5) is 0.617. The Kier molecular flexibility index (Phi) is 4.29. The van der Waals surface area contributed by atoms with Crippen LogP contribution in [0.5, 0.6) is 0 Å². The number of benzene rings is 1. The molecule has 0 bridgehead atoms. The first kappa shape index (κ1) is 14.5. The largest absolute Gasteiger partial charge is 0.391 e. The number of rotatable bonds is 4. The summed E-state index contributed by atoms with van der Waals surface area (Å²) < 4.78 is 27.9. The summed E-state index contributed by atoms with van der Waals surface area (Å²) in [6, 6.07) is 8.49. The Labute approximate surface area is 124 Å². The first-order valence-corrected chi connectivity index (χ1v) is 8.50. The van der Waals surface area contributed by atoms with Gasteiger partial charge in [-0.05, 0) is 36.8 Å². The van der Waals surface area contributed by atoms with Crippen LogP contribution in [0.25, 0.3) is 0 Å². The molecule has 0 aliphatic heterocycles. The van der Waals surface area contributed by atoms with E-state index in [0.29, 0.717) is 10.6 Å². The van der Waals surface area contributed by atoms with Gasteiger partial charge < -0.3 is 5.11 Å². The molecule has 0 spiro atoms. The fourth-order valence-electron chi connectivity index (χ4n) is 1.49. The molecule has 102 valence electrons. The predicted molar refractivity (Wildman–Crippen MR) is 79.9 cm³/mol. The van der Waals surface area contributed by atoms with E-state index < -0.39 is 10.0 Å². The lowest BCUT2D eigenvalue weighted by molar-refractivity contribution is 0.285. The van der Waals surface area contributed by atoms with Crippen molar-refractivity contribution in [1.82, 2.24) is 0 Å². The molecule has 2 rings (SSSR count). The molecule has 0 fully saturated rings. The summed E-state index contributed by atoms with van der Waals surface area (Å²) in [5.74, 6) is 0. The van der Waals surface area contributed by atoms with Gasteiger partial charge in [-0.3, -0.25) is 4.72 Å². The third-order valence-corrected chi connectivity index (χ3v) is 5.92. The Balaban J connectivity index is 2.33. The predicted octanol–water partition coefficient (Wildman–Crippen LogP) is 3.11. The van der Waals surface area contributed by atoms with Gasteiger partial charge in [0, 0.05) is 9.35 Å². The molecule has 0 saturated heterocycles. The van der Waals surface area contributed by atoms with E-state index in [4.69, 9.17) is 5.11 Å². The molecule has 0 unspecified atom stereocenters. The maximum atomic E-state index is 12.2. The molecule has 0 saturated carbocycles. The van der Waals surface area contributed by atoms with Gasteiger partial charge in [-0.25, -0.2) is 8.42 Å². The number of nitrogens with one attached hydrogen (secondary N) is 1. The normalized spacial score (nSPS) is 11.5. The minimum Gasteiger partial charge on any atom is -0.391 e. The molecule has 2 aromatic rings. The smallest absolute Gasteiger partial charge is 0.271 e. The topological polar surface area (TPSA) is 66.4 Å². The number of hydrogen-bond donors (Lipinski definition) is 2. The average Bonchev–Trinajstić information content (AvgIpc) is 2.83. The summed E-state index contributed by atoms with van der Waals surface area (Å²) in [5, 5.41) is 8.98.